The predicted octanol–water partition coefficient (Wildman–Crippen LogP) is 6.53. The summed E-state index contributed by atoms with van der Waals surface area (Å²) in [6.07, 6.45) is 6.87. The molecule has 0 bridgehead atoms. The molecule has 0 atom stereocenters. The molecule has 23 heavy (non-hydrogen) atoms. The van der Waals surface area contributed by atoms with Crippen molar-refractivity contribution < 1.29 is 35.3 Å². The summed E-state index contributed by atoms with van der Waals surface area (Å²) in [5.41, 5.74) is 8.79. The Morgan fingerprint density at radius 2 is 0.783 bits per heavy atom. The van der Waals surface area contributed by atoms with Crippen LogP contribution in [0.4, 0.5) is 9.41 Å². The Morgan fingerprint density at radius 3 is 0.826 bits per heavy atom. The minimum absolute atomic E-state index is 0. The van der Waals surface area contributed by atoms with Crippen molar-refractivity contribution in [3.63, 3.8) is 0 Å². The molecule has 3 heteroatoms. The maximum Gasteiger partial charge on any atom is 0 e. The van der Waals surface area contributed by atoms with E-state index in [0.29, 0.717) is 0 Å². The first-order valence-electron chi connectivity index (χ1n) is 7.50. The Morgan fingerprint density at radius 1 is 0.565 bits per heavy atom. The normalized spacial score (nSPS) is 20.4. The van der Waals surface area contributed by atoms with Crippen LogP contribution in [0.1, 0.15) is 69.2 Å². The van der Waals surface area contributed by atoms with Gasteiger partial charge in [-0.15, -0.1) is 13.8 Å². The van der Waals surface area contributed by atoms with Crippen molar-refractivity contribution in [3.8, 4) is 0 Å². The Labute approximate surface area is 160 Å². The number of hydrogen-bond acceptors (Lipinski definition) is 0. The topological polar surface area (TPSA) is 0 Å². The van der Waals surface area contributed by atoms with E-state index in [1.54, 1.807) is 0 Å². The molecule has 0 N–H and O–H groups in total. The number of rotatable bonds is 0. The summed E-state index contributed by atoms with van der Waals surface area (Å²) < 4.78 is 0. The molecule has 0 spiro atoms. The average molecular weight is 489 g/mol. The van der Waals surface area contributed by atoms with Crippen LogP contribution >= 0.6 is 0 Å². The van der Waals surface area contributed by atoms with Gasteiger partial charge in [0.1, 0.15) is 0 Å². The predicted molar refractivity (Wildman–Crippen MR) is 94.2 cm³/mol. The number of hydrogen-bond donors (Lipinski definition) is 0. The zero-order valence-corrected chi connectivity index (χ0v) is 19.9. The van der Waals surface area contributed by atoms with Crippen LogP contribution in [0.5, 0.6) is 0 Å². The smallest absolute Gasteiger partial charge is 0 e. The largest absolute Gasteiger partial charge is 0.269 e. The van der Waals surface area contributed by atoms with Gasteiger partial charge < -0.3 is 0 Å². The molecular weight excluding hydrogens is 457 g/mol. The quantitative estimate of drug-likeness (QED) is 0.269. The second-order valence-corrected chi connectivity index (χ2v) is 7.25. The summed E-state index contributed by atoms with van der Waals surface area (Å²) in [6, 6.07) is 0. The fraction of sp³-hybridized carbons (Fsp3) is 0.600. The molecule has 2 rings (SSSR count). The van der Waals surface area contributed by atoms with Gasteiger partial charge in [0.25, 0.3) is 0 Å². The molecular formula is C20H32F2Hf-2. The molecule has 2 aliphatic rings. The monoisotopic (exact) mass is 490 g/mol. The van der Waals surface area contributed by atoms with Gasteiger partial charge in [0.15, 0.2) is 0 Å². The van der Waals surface area contributed by atoms with E-state index in [4.69, 9.17) is 0 Å². The molecule has 0 unspecified atom stereocenters. The zero-order valence-electron chi connectivity index (χ0n) is 16.3. The van der Waals surface area contributed by atoms with Crippen molar-refractivity contribution >= 4 is 0 Å². The van der Waals surface area contributed by atoms with Crippen molar-refractivity contribution in [3.05, 3.63) is 45.6 Å². The standard InChI is InChI=1S/2C10H15.2FH.Hf/c2*1-7-6-10(4,5)9(3)8(7)2;;;/h2*1-5H3;2*1H;/q2*-1;;;. The van der Waals surface area contributed by atoms with Crippen LogP contribution in [0.25, 0.3) is 0 Å². The molecule has 0 aromatic heterocycles. The van der Waals surface area contributed by atoms with Crippen LogP contribution < -0.4 is 0 Å². The minimum Gasteiger partial charge on any atom is -0.269 e. The van der Waals surface area contributed by atoms with E-state index in [1.165, 1.54) is 33.4 Å². The van der Waals surface area contributed by atoms with Crippen LogP contribution in [0, 0.1) is 23.0 Å². The summed E-state index contributed by atoms with van der Waals surface area (Å²) in [5, 5.41) is 0. The van der Waals surface area contributed by atoms with E-state index in [9.17, 15) is 0 Å². The van der Waals surface area contributed by atoms with Gasteiger partial charge in [-0.1, -0.05) is 66.2 Å². The third-order valence-electron chi connectivity index (χ3n) is 5.12. The molecule has 0 amide bonds. The van der Waals surface area contributed by atoms with Gasteiger partial charge in [0.05, 0.1) is 0 Å². The Kier molecular flexibility index (Phi) is 11.1. The zero-order chi connectivity index (χ0) is 15.9. The van der Waals surface area contributed by atoms with E-state index < -0.39 is 0 Å². The van der Waals surface area contributed by atoms with Crippen molar-refractivity contribution in [2.75, 3.05) is 0 Å². The maximum absolute atomic E-state index is 3.44. The van der Waals surface area contributed by atoms with E-state index >= 15 is 0 Å². The summed E-state index contributed by atoms with van der Waals surface area (Å²) in [7, 11) is 0. The second kappa shape index (κ2) is 9.25. The van der Waals surface area contributed by atoms with E-state index in [2.05, 4.69) is 81.4 Å². The first kappa shape index (κ1) is 27.5. The van der Waals surface area contributed by atoms with Crippen LogP contribution in [0.3, 0.4) is 0 Å². The van der Waals surface area contributed by atoms with Crippen molar-refractivity contribution in [1.82, 2.24) is 0 Å². The van der Waals surface area contributed by atoms with Gasteiger partial charge in [0, 0.05) is 25.8 Å². The first-order chi connectivity index (χ1) is 8.90. The van der Waals surface area contributed by atoms with Crippen LogP contribution in [-0.2, 0) is 25.8 Å². The fourth-order valence-corrected chi connectivity index (χ4v) is 2.81. The van der Waals surface area contributed by atoms with Gasteiger partial charge in [0.2, 0.25) is 0 Å². The van der Waals surface area contributed by atoms with E-state index in [0.717, 1.165) is 0 Å². The third kappa shape index (κ3) is 5.92. The summed E-state index contributed by atoms with van der Waals surface area (Å²) in [4.78, 5) is 0. The van der Waals surface area contributed by atoms with Crippen molar-refractivity contribution in [2.45, 2.75) is 69.2 Å². The van der Waals surface area contributed by atoms with Crippen molar-refractivity contribution in [2.24, 2.45) is 10.8 Å². The summed E-state index contributed by atoms with van der Waals surface area (Å²) in [6.45, 7) is 21.8. The number of allylic oxidation sites excluding steroid dienone is 8. The molecule has 0 heterocycles. The van der Waals surface area contributed by atoms with Gasteiger partial charge in [-0.05, 0) is 0 Å². The Hall–Kier alpha value is -0.310. The van der Waals surface area contributed by atoms with Gasteiger partial charge in [-0.25, -0.2) is 11.1 Å². The molecule has 132 valence electrons. The van der Waals surface area contributed by atoms with Gasteiger partial charge in [-0.2, -0.15) is 22.3 Å². The molecule has 0 aliphatic heterocycles. The van der Waals surface area contributed by atoms with E-state index in [1.807, 2.05) is 0 Å². The molecule has 0 nitrogen and oxygen atoms in total. The SMILES string of the molecule is CC1=[C-]C(C)(C)C(C)=C1C.CC1=[C-]C(C)(C)C(C)=C1C.F.F.[Hf]. The molecule has 0 saturated heterocycles. The van der Waals surface area contributed by atoms with E-state index in [-0.39, 0.29) is 46.1 Å². The average Bonchev–Trinajstić information content (AvgIpc) is 2.60. The summed E-state index contributed by atoms with van der Waals surface area (Å²) >= 11 is 0. The molecule has 0 saturated carbocycles. The van der Waals surface area contributed by atoms with Crippen LogP contribution in [0.2, 0.25) is 0 Å². The molecule has 0 radical (unpaired) electrons. The van der Waals surface area contributed by atoms with Gasteiger partial charge >= 0.3 is 0 Å². The second-order valence-electron chi connectivity index (χ2n) is 7.25. The summed E-state index contributed by atoms with van der Waals surface area (Å²) in [5.74, 6) is 0. The molecule has 2 aliphatic carbocycles. The molecule has 0 fully saturated rings. The van der Waals surface area contributed by atoms with Crippen LogP contribution in [-0.4, -0.2) is 0 Å². The molecule has 0 aromatic carbocycles. The third-order valence-corrected chi connectivity index (χ3v) is 5.12. The maximum atomic E-state index is 3.44. The Bertz CT molecular complexity index is 494. The van der Waals surface area contributed by atoms with Crippen LogP contribution in [0.15, 0.2) is 33.4 Å². The fourth-order valence-electron chi connectivity index (χ4n) is 2.81. The minimum atomic E-state index is 0. The number of halogens is 2. The van der Waals surface area contributed by atoms with Crippen molar-refractivity contribution in [1.29, 1.82) is 0 Å². The molecule has 0 aromatic rings. The first-order valence-corrected chi connectivity index (χ1v) is 7.50. The van der Waals surface area contributed by atoms with Gasteiger partial charge in [-0.3, -0.25) is 21.6 Å². The Balaban J connectivity index is -0.000000308.